The molecule has 1 saturated carbocycles. The number of benzene rings is 1. The topological polar surface area (TPSA) is 77.6 Å². The molecule has 1 aliphatic heterocycles. The number of fused-ring (bicyclic) bond motifs is 1. The highest BCUT2D eigenvalue weighted by atomic mass is 16.5. The molecule has 1 aromatic carbocycles. The molecule has 0 unspecified atom stereocenters. The summed E-state index contributed by atoms with van der Waals surface area (Å²) >= 11 is 0. The highest BCUT2D eigenvalue weighted by molar-refractivity contribution is 5.95. The zero-order valence-corrected chi connectivity index (χ0v) is 17.8. The van der Waals surface area contributed by atoms with Crippen LogP contribution in [0, 0.1) is 6.92 Å². The molecular weight excluding hydrogens is 394 g/mol. The first-order valence-corrected chi connectivity index (χ1v) is 10.7. The number of rotatable bonds is 4. The average molecular weight is 419 g/mol. The number of hydrogen-bond acceptors (Lipinski definition) is 5. The van der Waals surface area contributed by atoms with Crippen molar-refractivity contribution >= 4 is 5.91 Å². The van der Waals surface area contributed by atoms with E-state index in [1.807, 2.05) is 12.1 Å². The van der Waals surface area contributed by atoms with E-state index in [-0.39, 0.29) is 17.0 Å². The van der Waals surface area contributed by atoms with Crippen molar-refractivity contribution in [3.63, 3.8) is 0 Å². The van der Waals surface area contributed by atoms with Crippen molar-refractivity contribution in [2.24, 2.45) is 0 Å². The first-order valence-electron chi connectivity index (χ1n) is 10.7. The van der Waals surface area contributed by atoms with Crippen molar-refractivity contribution in [2.45, 2.75) is 45.1 Å². The van der Waals surface area contributed by atoms with Crippen LogP contribution < -0.4 is 10.3 Å². The lowest BCUT2D eigenvalue weighted by Crippen LogP contribution is -2.40. The Morgan fingerprint density at radius 2 is 2.03 bits per heavy atom. The molecule has 1 aliphatic carbocycles. The van der Waals surface area contributed by atoms with Gasteiger partial charge in [0.15, 0.2) is 5.89 Å². The molecule has 1 amide bonds. The fraction of sp³-hybridized carbons (Fsp3) is 0.375. The molecule has 7 nitrogen and oxygen atoms in total. The summed E-state index contributed by atoms with van der Waals surface area (Å²) in [5.74, 6) is 2.40. The van der Waals surface area contributed by atoms with Gasteiger partial charge in [0.05, 0.1) is 19.3 Å². The number of carbonyl (C=O) groups excluding carboxylic acids is 1. The summed E-state index contributed by atoms with van der Waals surface area (Å²) in [5, 5.41) is 0. The number of aromatic nitrogens is 2. The lowest BCUT2D eigenvalue weighted by atomic mass is 9.85. The number of nitrogens with zero attached hydrogens (tertiary/aromatic N) is 3. The second-order valence-corrected chi connectivity index (χ2v) is 8.25. The summed E-state index contributed by atoms with van der Waals surface area (Å²) in [6.45, 7) is 2.67. The highest BCUT2D eigenvalue weighted by Crippen LogP contribution is 2.37. The van der Waals surface area contributed by atoms with Crippen LogP contribution in [0.2, 0.25) is 0 Å². The molecule has 7 heteroatoms. The molecule has 0 N–H and O–H groups in total. The third-order valence-corrected chi connectivity index (χ3v) is 6.35. The number of hydrogen-bond donors (Lipinski definition) is 0. The maximum absolute atomic E-state index is 13.4. The summed E-state index contributed by atoms with van der Waals surface area (Å²) < 4.78 is 12.8. The van der Waals surface area contributed by atoms with Gasteiger partial charge in [-0.15, -0.1) is 0 Å². The molecule has 0 spiro atoms. The van der Waals surface area contributed by atoms with Crippen LogP contribution in [0.3, 0.4) is 0 Å². The monoisotopic (exact) mass is 419 g/mol. The molecule has 2 aromatic heterocycles. The third kappa shape index (κ3) is 3.34. The first kappa shape index (κ1) is 19.6. The second kappa shape index (κ2) is 7.72. The molecule has 0 saturated heterocycles. The minimum atomic E-state index is -0.351. The number of aryl methyl sites for hydroxylation is 1. The number of para-hydroxylation sites is 2. The van der Waals surface area contributed by atoms with E-state index in [0.29, 0.717) is 42.4 Å². The predicted molar refractivity (Wildman–Crippen MR) is 115 cm³/mol. The summed E-state index contributed by atoms with van der Waals surface area (Å²) in [5.41, 5.74) is 1.91. The van der Waals surface area contributed by atoms with E-state index in [1.165, 1.54) is 11.0 Å². The highest BCUT2D eigenvalue weighted by Gasteiger charge is 2.31. The zero-order chi connectivity index (χ0) is 21.5. The summed E-state index contributed by atoms with van der Waals surface area (Å²) in [4.78, 5) is 33.1. The van der Waals surface area contributed by atoms with Crippen LogP contribution in [0.4, 0.5) is 0 Å². The van der Waals surface area contributed by atoms with Gasteiger partial charge < -0.3 is 14.1 Å². The number of oxazole rings is 1. The molecule has 2 aliphatic rings. The Kier molecular flexibility index (Phi) is 4.88. The second-order valence-electron chi connectivity index (χ2n) is 8.25. The Bertz CT molecular complexity index is 1210. The molecular formula is C24H25N3O4. The molecule has 31 heavy (non-hydrogen) atoms. The van der Waals surface area contributed by atoms with Crippen LogP contribution in [0.25, 0.3) is 5.69 Å². The van der Waals surface area contributed by atoms with Gasteiger partial charge in [0.2, 0.25) is 0 Å². The van der Waals surface area contributed by atoms with Gasteiger partial charge in [-0.1, -0.05) is 18.6 Å². The normalized spacial score (nSPS) is 16.0. The van der Waals surface area contributed by atoms with Crippen molar-refractivity contribution in [3.05, 3.63) is 75.4 Å². The Morgan fingerprint density at radius 3 is 2.77 bits per heavy atom. The van der Waals surface area contributed by atoms with Gasteiger partial charge in [-0.05, 0) is 43.5 Å². The number of amides is 1. The molecule has 3 aromatic rings. The summed E-state index contributed by atoms with van der Waals surface area (Å²) in [6, 6.07) is 9.06. The number of ether oxygens (including phenoxy) is 1. The standard InChI is InChI=1S/C24H25N3O4/c1-15-10-13-27(18-8-3-4-9-20(18)30-2)24(29)21(15)23(28)26-12-11-19-17(14-26)25-22(31-19)16-6-5-7-16/h3-4,8-10,13,16H,5-7,11-12,14H2,1-2H3. The van der Waals surface area contributed by atoms with Crippen LogP contribution in [-0.4, -0.2) is 34.0 Å². The maximum atomic E-state index is 13.4. The summed E-state index contributed by atoms with van der Waals surface area (Å²) in [6.07, 6.45) is 5.76. The van der Waals surface area contributed by atoms with Gasteiger partial charge in [0, 0.05) is 25.1 Å². The van der Waals surface area contributed by atoms with Crippen LogP contribution in [0.15, 0.2) is 45.7 Å². The van der Waals surface area contributed by atoms with E-state index in [2.05, 4.69) is 4.98 Å². The van der Waals surface area contributed by atoms with Gasteiger partial charge in [-0.2, -0.15) is 0 Å². The quantitative estimate of drug-likeness (QED) is 0.646. The zero-order valence-electron chi connectivity index (χ0n) is 17.8. The largest absolute Gasteiger partial charge is 0.495 e. The lowest BCUT2D eigenvalue weighted by molar-refractivity contribution is 0.0725. The van der Waals surface area contributed by atoms with Crippen LogP contribution in [0.1, 0.15) is 58.4 Å². The Hall–Kier alpha value is -3.35. The van der Waals surface area contributed by atoms with Gasteiger partial charge in [-0.25, -0.2) is 4.98 Å². The van der Waals surface area contributed by atoms with Gasteiger partial charge in [0.25, 0.3) is 11.5 Å². The van der Waals surface area contributed by atoms with E-state index in [1.54, 1.807) is 43.3 Å². The lowest BCUT2D eigenvalue weighted by Gasteiger charge is -2.26. The van der Waals surface area contributed by atoms with Crippen LogP contribution >= 0.6 is 0 Å². The van der Waals surface area contributed by atoms with E-state index >= 15 is 0 Å². The number of pyridine rings is 1. The summed E-state index contributed by atoms with van der Waals surface area (Å²) in [7, 11) is 1.56. The molecule has 0 radical (unpaired) electrons. The Balaban J connectivity index is 1.47. The molecule has 1 fully saturated rings. The predicted octanol–water partition coefficient (Wildman–Crippen LogP) is 3.61. The number of methoxy groups -OCH3 is 1. The van der Waals surface area contributed by atoms with Crippen molar-refractivity contribution < 1.29 is 13.9 Å². The molecule has 3 heterocycles. The van der Waals surface area contributed by atoms with E-state index in [0.717, 1.165) is 30.2 Å². The van der Waals surface area contributed by atoms with Crippen molar-refractivity contribution in [3.8, 4) is 11.4 Å². The van der Waals surface area contributed by atoms with Gasteiger partial charge >= 0.3 is 0 Å². The Labute approximate surface area is 180 Å². The molecule has 0 bridgehead atoms. The SMILES string of the molecule is COc1ccccc1-n1ccc(C)c(C(=O)N2CCc3oc(C4CCC4)nc3C2)c1=O. The maximum Gasteiger partial charge on any atom is 0.268 e. The minimum Gasteiger partial charge on any atom is -0.495 e. The van der Waals surface area contributed by atoms with E-state index < -0.39 is 0 Å². The average Bonchev–Trinajstić information content (AvgIpc) is 3.15. The fourth-order valence-electron chi connectivity index (χ4n) is 4.28. The fourth-order valence-corrected chi connectivity index (χ4v) is 4.28. The van der Waals surface area contributed by atoms with Crippen molar-refractivity contribution in [2.75, 3.05) is 13.7 Å². The molecule has 5 rings (SSSR count). The van der Waals surface area contributed by atoms with E-state index in [4.69, 9.17) is 9.15 Å². The van der Waals surface area contributed by atoms with Crippen molar-refractivity contribution in [1.29, 1.82) is 0 Å². The molecule has 160 valence electrons. The third-order valence-electron chi connectivity index (χ3n) is 6.35. The minimum absolute atomic E-state index is 0.180. The van der Waals surface area contributed by atoms with Crippen LogP contribution in [0.5, 0.6) is 5.75 Å². The Morgan fingerprint density at radius 1 is 1.23 bits per heavy atom. The van der Waals surface area contributed by atoms with Gasteiger partial charge in [0.1, 0.15) is 22.8 Å². The van der Waals surface area contributed by atoms with Gasteiger partial charge in [-0.3, -0.25) is 14.2 Å². The van der Waals surface area contributed by atoms with Crippen LogP contribution in [-0.2, 0) is 13.0 Å². The smallest absolute Gasteiger partial charge is 0.268 e. The van der Waals surface area contributed by atoms with Crippen molar-refractivity contribution in [1.82, 2.24) is 14.5 Å². The number of carbonyl (C=O) groups is 1. The first-order chi connectivity index (χ1) is 15.1. The van der Waals surface area contributed by atoms with E-state index in [9.17, 15) is 9.59 Å². The molecule has 0 atom stereocenters.